The van der Waals surface area contributed by atoms with Crippen LogP contribution in [0.15, 0.2) is 45.7 Å². The zero-order valence-corrected chi connectivity index (χ0v) is 19.2. The molecule has 0 saturated carbocycles. The minimum absolute atomic E-state index is 0.0280. The van der Waals surface area contributed by atoms with E-state index in [-0.39, 0.29) is 12.5 Å². The van der Waals surface area contributed by atoms with Crippen molar-refractivity contribution >= 4 is 40.7 Å². The normalized spacial score (nSPS) is 14.4. The first-order valence-electron chi connectivity index (χ1n) is 10.6. The van der Waals surface area contributed by atoms with Crippen molar-refractivity contribution in [3.05, 3.63) is 30.3 Å². The van der Waals surface area contributed by atoms with Gasteiger partial charge in [-0.05, 0) is 25.3 Å². The van der Waals surface area contributed by atoms with Crippen molar-refractivity contribution in [3.63, 3.8) is 0 Å². The molecule has 0 bridgehead atoms. The van der Waals surface area contributed by atoms with Crippen molar-refractivity contribution in [2.45, 2.75) is 12.1 Å². The van der Waals surface area contributed by atoms with Crippen molar-refractivity contribution in [2.75, 3.05) is 69.4 Å². The Labute approximate surface area is 192 Å². The molecule has 2 aromatic rings. The van der Waals surface area contributed by atoms with Crippen molar-refractivity contribution < 1.29 is 14.3 Å². The van der Waals surface area contributed by atoms with Crippen molar-refractivity contribution in [3.8, 4) is 0 Å². The lowest BCUT2D eigenvalue weighted by Crippen LogP contribution is -2.39. The Morgan fingerprint density at radius 3 is 2.56 bits per heavy atom. The second kappa shape index (κ2) is 12.9. The van der Waals surface area contributed by atoms with Gasteiger partial charge in [0.05, 0.1) is 25.5 Å². The lowest BCUT2D eigenvalue weighted by molar-refractivity contribution is -0.140. The summed E-state index contributed by atoms with van der Waals surface area (Å²) in [7, 11) is 0. The van der Waals surface area contributed by atoms with Gasteiger partial charge in [0.25, 0.3) is 0 Å². The van der Waals surface area contributed by atoms with Crippen LogP contribution in [0.3, 0.4) is 0 Å². The maximum absolute atomic E-state index is 11.9. The number of morpholine rings is 1. The molecule has 0 aliphatic carbocycles. The number of carbonyl (C=O) groups excluding carboxylic acids is 1. The van der Waals surface area contributed by atoms with E-state index in [1.807, 2.05) is 36.6 Å². The van der Waals surface area contributed by atoms with E-state index in [4.69, 9.17) is 9.47 Å². The number of azo groups is 1. The summed E-state index contributed by atoms with van der Waals surface area (Å²) in [5.74, 6) is 0.610. The molecule has 32 heavy (non-hydrogen) atoms. The summed E-state index contributed by atoms with van der Waals surface area (Å²) in [5, 5.41) is 15.7. The van der Waals surface area contributed by atoms with Gasteiger partial charge >= 0.3 is 5.97 Å². The third-order valence-electron chi connectivity index (χ3n) is 4.60. The lowest BCUT2D eigenvalue weighted by atomic mass is 10.3. The quantitative estimate of drug-likeness (QED) is 0.226. The Bertz CT molecular complexity index is 892. The molecule has 2 N–H and O–H groups in total. The zero-order valence-electron chi connectivity index (χ0n) is 18.4. The van der Waals surface area contributed by atoms with E-state index >= 15 is 0 Å². The van der Waals surface area contributed by atoms with Crippen LogP contribution >= 0.6 is 11.8 Å². The number of nitrogens with zero attached hydrogens (tertiary/aromatic N) is 5. The number of benzene rings is 1. The van der Waals surface area contributed by atoms with Gasteiger partial charge in [0.1, 0.15) is 6.54 Å². The highest BCUT2D eigenvalue weighted by Crippen LogP contribution is 2.34. The molecular formula is C21H29N7O3S. The van der Waals surface area contributed by atoms with Crippen LogP contribution in [0.25, 0.3) is 0 Å². The van der Waals surface area contributed by atoms with Gasteiger partial charge < -0.3 is 20.1 Å². The minimum atomic E-state index is -0.371. The maximum atomic E-state index is 11.9. The van der Waals surface area contributed by atoms with Crippen LogP contribution in [0.4, 0.5) is 23.0 Å². The van der Waals surface area contributed by atoms with Crippen LogP contribution in [0.1, 0.15) is 6.92 Å². The molecule has 3 rings (SSSR count). The average molecular weight is 460 g/mol. The standard InChI is InChI=1S/C21H29N7O3S/c1-3-31-17(29)15-23-20-18(27-26-16-7-5-4-6-8-16)19(24-21(25-20)32-2)22-9-10-28-11-13-30-14-12-28/h4-8H,3,9-15H2,1-2H3,(H2,22,23,24,25)/b27-26+. The predicted octanol–water partition coefficient (Wildman–Crippen LogP) is 3.33. The van der Waals surface area contributed by atoms with Crippen LogP contribution in [0.5, 0.6) is 0 Å². The first-order valence-corrected chi connectivity index (χ1v) is 11.8. The third kappa shape index (κ3) is 7.43. The minimum Gasteiger partial charge on any atom is -0.465 e. The molecule has 10 nitrogen and oxygen atoms in total. The second-order valence-electron chi connectivity index (χ2n) is 6.83. The van der Waals surface area contributed by atoms with Crippen molar-refractivity contribution in [2.24, 2.45) is 10.2 Å². The summed E-state index contributed by atoms with van der Waals surface area (Å²) in [4.78, 5) is 23.3. The Morgan fingerprint density at radius 1 is 1.16 bits per heavy atom. The van der Waals surface area contributed by atoms with Crippen LogP contribution in [0, 0.1) is 0 Å². The Hall–Kier alpha value is -2.76. The van der Waals surface area contributed by atoms with Crippen molar-refractivity contribution in [1.29, 1.82) is 0 Å². The number of anilines is 2. The number of esters is 1. The summed E-state index contributed by atoms with van der Waals surface area (Å²) < 4.78 is 10.4. The first kappa shape index (κ1) is 23.9. The number of rotatable bonds is 11. The molecule has 0 atom stereocenters. The summed E-state index contributed by atoms with van der Waals surface area (Å²) in [6, 6.07) is 9.42. The van der Waals surface area contributed by atoms with Crippen LogP contribution < -0.4 is 10.6 Å². The van der Waals surface area contributed by atoms with Gasteiger partial charge in [-0.1, -0.05) is 30.0 Å². The molecule has 0 spiro atoms. The summed E-state index contributed by atoms with van der Waals surface area (Å²) in [6.45, 7) is 6.91. The van der Waals surface area contributed by atoms with E-state index in [0.29, 0.717) is 41.3 Å². The number of hydrogen-bond acceptors (Lipinski definition) is 11. The highest BCUT2D eigenvalue weighted by Gasteiger charge is 2.17. The molecule has 172 valence electrons. The van der Waals surface area contributed by atoms with E-state index in [1.54, 1.807) is 6.92 Å². The van der Waals surface area contributed by atoms with Gasteiger partial charge in [-0.2, -0.15) is 5.11 Å². The van der Waals surface area contributed by atoms with Gasteiger partial charge in [0.15, 0.2) is 22.5 Å². The molecule has 11 heteroatoms. The number of carbonyl (C=O) groups is 1. The fraction of sp³-hybridized carbons (Fsp3) is 0.476. The number of ether oxygens (including phenoxy) is 2. The molecule has 1 aromatic carbocycles. The number of thioether (sulfide) groups is 1. The lowest BCUT2D eigenvalue weighted by Gasteiger charge is -2.26. The fourth-order valence-corrected chi connectivity index (χ4v) is 3.36. The van der Waals surface area contributed by atoms with E-state index in [1.165, 1.54) is 11.8 Å². The van der Waals surface area contributed by atoms with Crippen LogP contribution in [0.2, 0.25) is 0 Å². The van der Waals surface area contributed by atoms with Gasteiger partial charge in [-0.25, -0.2) is 9.97 Å². The largest absolute Gasteiger partial charge is 0.465 e. The molecule has 1 aromatic heterocycles. The monoisotopic (exact) mass is 459 g/mol. The molecule has 1 aliphatic rings. The molecule has 0 radical (unpaired) electrons. The summed E-state index contributed by atoms with van der Waals surface area (Å²) in [5.41, 5.74) is 1.15. The molecule has 2 heterocycles. The Balaban J connectivity index is 1.82. The highest BCUT2D eigenvalue weighted by molar-refractivity contribution is 7.98. The smallest absolute Gasteiger partial charge is 0.325 e. The first-order chi connectivity index (χ1) is 15.7. The zero-order chi connectivity index (χ0) is 22.6. The molecule has 1 aliphatic heterocycles. The average Bonchev–Trinajstić information content (AvgIpc) is 2.83. The molecule has 0 unspecified atom stereocenters. The van der Waals surface area contributed by atoms with Gasteiger partial charge in [0, 0.05) is 26.2 Å². The SMILES string of the molecule is CCOC(=O)CNc1nc(SC)nc(NCCN2CCOCC2)c1/N=N/c1ccccc1. The fourth-order valence-electron chi connectivity index (χ4n) is 2.99. The van der Waals surface area contributed by atoms with E-state index in [2.05, 4.69) is 35.7 Å². The Morgan fingerprint density at radius 2 is 1.88 bits per heavy atom. The van der Waals surface area contributed by atoms with E-state index in [0.717, 1.165) is 32.8 Å². The number of hydrogen-bond donors (Lipinski definition) is 2. The molecule has 1 fully saturated rings. The number of nitrogens with one attached hydrogen (secondary N) is 2. The van der Waals surface area contributed by atoms with Crippen LogP contribution in [-0.4, -0.2) is 79.6 Å². The maximum Gasteiger partial charge on any atom is 0.325 e. The topological polar surface area (TPSA) is 113 Å². The Kier molecular flexibility index (Phi) is 9.66. The van der Waals surface area contributed by atoms with Gasteiger partial charge in [0.2, 0.25) is 0 Å². The van der Waals surface area contributed by atoms with Gasteiger partial charge in [-0.3, -0.25) is 9.69 Å². The number of aromatic nitrogens is 2. The predicted molar refractivity (Wildman–Crippen MR) is 125 cm³/mol. The van der Waals surface area contributed by atoms with E-state index < -0.39 is 0 Å². The summed E-state index contributed by atoms with van der Waals surface area (Å²) in [6.07, 6.45) is 1.90. The third-order valence-corrected chi connectivity index (χ3v) is 5.15. The summed E-state index contributed by atoms with van der Waals surface area (Å²) >= 11 is 1.41. The second-order valence-corrected chi connectivity index (χ2v) is 7.60. The molecular weight excluding hydrogens is 430 g/mol. The molecule has 0 amide bonds. The highest BCUT2D eigenvalue weighted by atomic mass is 32.2. The molecule has 1 saturated heterocycles. The van der Waals surface area contributed by atoms with Crippen molar-refractivity contribution in [1.82, 2.24) is 14.9 Å². The van der Waals surface area contributed by atoms with Crippen LogP contribution in [-0.2, 0) is 14.3 Å². The van der Waals surface area contributed by atoms with E-state index in [9.17, 15) is 4.79 Å². The van der Waals surface area contributed by atoms with Gasteiger partial charge in [-0.15, -0.1) is 5.11 Å².